The van der Waals surface area contributed by atoms with Gasteiger partial charge in [0.2, 0.25) is 5.89 Å². The molecule has 5 nitrogen and oxygen atoms in total. The van der Waals surface area contributed by atoms with Crippen molar-refractivity contribution in [1.82, 2.24) is 20.4 Å². The standard InChI is InChI=1S/C16H28N4O/c1-12(2)10-16-18-15(19-21-16)11-20-9-4-3-7-14(20)13-6-5-8-17-13/h12-14,17H,3-11H2,1-2H3. The lowest BCUT2D eigenvalue weighted by Crippen LogP contribution is -2.49. The van der Waals surface area contributed by atoms with E-state index >= 15 is 0 Å². The molecule has 2 unspecified atom stereocenters. The fraction of sp³-hybridized carbons (Fsp3) is 0.875. The number of rotatable bonds is 5. The molecule has 2 atom stereocenters. The zero-order chi connectivity index (χ0) is 14.7. The molecule has 0 aromatic carbocycles. The van der Waals surface area contributed by atoms with Crippen LogP contribution in [0.1, 0.15) is 57.7 Å². The van der Waals surface area contributed by atoms with Crippen LogP contribution in [0.5, 0.6) is 0 Å². The van der Waals surface area contributed by atoms with Crippen LogP contribution in [0.15, 0.2) is 4.52 Å². The summed E-state index contributed by atoms with van der Waals surface area (Å²) in [5.74, 6) is 2.20. The van der Waals surface area contributed by atoms with E-state index in [0.29, 0.717) is 18.0 Å². The second kappa shape index (κ2) is 6.88. The molecule has 0 spiro atoms. The lowest BCUT2D eigenvalue weighted by molar-refractivity contribution is 0.108. The van der Waals surface area contributed by atoms with Crippen molar-refractivity contribution in [3.05, 3.63) is 11.7 Å². The SMILES string of the molecule is CC(C)Cc1nc(CN2CCCCC2C2CCCN2)no1. The Bertz CT molecular complexity index is 439. The third kappa shape index (κ3) is 3.83. The summed E-state index contributed by atoms with van der Waals surface area (Å²) in [4.78, 5) is 7.13. The molecule has 1 aromatic rings. The maximum Gasteiger partial charge on any atom is 0.226 e. The minimum Gasteiger partial charge on any atom is -0.339 e. The molecule has 0 amide bonds. The largest absolute Gasteiger partial charge is 0.339 e. The summed E-state index contributed by atoms with van der Waals surface area (Å²) >= 11 is 0. The van der Waals surface area contributed by atoms with Crippen molar-refractivity contribution in [1.29, 1.82) is 0 Å². The molecule has 0 radical (unpaired) electrons. The Morgan fingerprint density at radius 3 is 2.95 bits per heavy atom. The van der Waals surface area contributed by atoms with Crippen LogP contribution < -0.4 is 5.32 Å². The predicted molar refractivity (Wildman–Crippen MR) is 81.9 cm³/mol. The smallest absolute Gasteiger partial charge is 0.226 e. The molecule has 2 aliphatic rings. The Kier molecular flexibility index (Phi) is 4.91. The van der Waals surface area contributed by atoms with Gasteiger partial charge in [0.05, 0.1) is 6.54 Å². The van der Waals surface area contributed by atoms with Crippen LogP contribution in [0.4, 0.5) is 0 Å². The molecule has 5 heteroatoms. The summed E-state index contributed by atoms with van der Waals surface area (Å²) < 4.78 is 5.37. The summed E-state index contributed by atoms with van der Waals surface area (Å²) in [6.45, 7) is 7.53. The third-order valence-corrected chi connectivity index (χ3v) is 4.66. The molecule has 3 rings (SSSR count). The van der Waals surface area contributed by atoms with Crippen molar-refractivity contribution in [2.45, 2.75) is 71.0 Å². The van der Waals surface area contributed by atoms with Crippen LogP contribution in [-0.2, 0) is 13.0 Å². The maximum atomic E-state index is 5.37. The first-order chi connectivity index (χ1) is 10.2. The second-order valence-electron chi connectivity index (χ2n) is 6.94. The molecule has 118 valence electrons. The molecule has 2 fully saturated rings. The van der Waals surface area contributed by atoms with E-state index in [2.05, 4.69) is 34.2 Å². The van der Waals surface area contributed by atoms with Crippen LogP contribution in [0, 0.1) is 5.92 Å². The molecule has 1 N–H and O–H groups in total. The first-order valence-electron chi connectivity index (χ1n) is 8.51. The maximum absolute atomic E-state index is 5.37. The summed E-state index contributed by atoms with van der Waals surface area (Å²) in [7, 11) is 0. The molecule has 21 heavy (non-hydrogen) atoms. The van der Waals surface area contributed by atoms with Gasteiger partial charge in [0, 0.05) is 18.5 Å². The molecule has 0 bridgehead atoms. The molecular formula is C16H28N4O. The summed E-state index contributed by atoms with van der Waals surface area (Å²) in [5, 5.41) is 7.84. The van der Waals surface area contributed by atoms with Gasteiger partial charge in [-0.2, -0.15) is 4.98 Å². The average Bonchev–Trinajstić information content (AvgIpc) is 3.11. The Morgan fingerprint density at radius 1 is 1.29 bits per heavy atom. The van der Waals surface area contributed by atoms with E-state index in [1.165, 1.54) is 38.6 Å². The monoisotopic (exact) mass is 292 g/mol. The third-order valence-electron chi connectivity index (χ3n) is 4.66. The molecule has 2 saturated heterocycles. The number of piperidine rings is 1. The highest BCUT2D eigenvalue weighted by Crippen LogP contribution is 2.25. The number of hydrogen-bond acceptors (Lipinski definition) is 5. The molecule has 2 aliphatic heterocycles. The Morgan fingerprint density at radius 2 is 2.19 bits per heavy atom. The van der Waals surface area contributed by atoms with Crippen LogP contribution in [-0.4, -0.2) is 40.2 Å². The minimum absolute atomic E-state index is 0.559. The zero-order valence-electron chi connectivity index (χ0n) is 13.3. The Balaban J connectivity index is 1.62. The van der Waals surface area contributed by atoms with Crippen molar-refractivity contribution < 1.29 is 4.52 Å². The molecule has 0 saturated carbocycles. The fourth-order valence-corrected chi connectivity index (χ4v) is 3.68. The first kappa shape index (κ1) is 15.0. The molecular weight excluding hydrogens is 264 g/mol. The van der Waals surface area contributed by atoms with E-state index < -0.39 is 0 Å². The zero-order valence-corrected chi connectivity index (χ0v) is 13.3. The summed E-state index contributed by atoms with van der Waals surface area (Å²) in [5.41, 5.74) is 0. The van der Waals surface area contributed by atoms with Gasteiger partial charge < -0.3 is 9.84 Å². The van der Waals surface area contributed by atoms with Crippen molar-refractivity contribution in [3.63, 3.8) is 0 Å². The molecule has 3 heterocycles. The van der Waals surface area contributed by atoms with Gasteiger partial charge in [0.25, 0.3) is 0 Å². The number of likely N-dealkylation sites (tertiary alicyclic amines) is 1. The van der Waals surface area contributed by atoms with E-state index in [1.54, 1.807) is 0 Å². The van der Waals surface area contributed by atoms with E-state index in [0.717, 1.165) is 31.2 Å². The van der Waals surface area contributed by atoms with Crippen LogP contribution in [0.2, 0.25) is 0 Å². The highest BCUT2D eigenvalue weighted by molar-refractivity contribution is 4.94. The van der Waals surface area contributed by atoms with Gasteiger partial charge in [-0.15, -0.1) is 0 Å². The van der Waals surface area contributed by atoms with Crippen LogP contribution in [0.3, 0.4) is 0 Å². The first-order valence-corrected chi connectivity index (χ1v) is 8.51. The van der Waals surface area contributed by atoms with Gasteiger partial charge in [0.1, 0.15) is 0 Å². The van der Waals surface area contributed by atoms with Gasteiger partial charge in [0.15, 0.2) is 5.82 Å². The summed E-state index contributed by atoms with van der Waals surface area (Å²) in [6.07, 6.45) is 7.45. The number of hydrogen-bond donors (Lipinski definition) is 1. The van der Waals surface area contributed by atoms with Gasteiger partial charge in [-0.1, -0.05) is 25.4 Å². The van der Waals surface area contributed by atoms with Crippen LogP contribution >= 0.6 is 0 Å². The van der Waals surface area contributed by atoms with Gasteiger partial charge in [-0.25, -0.2) is 0 Å². The Hall–Kier alpha value is -0.940. The highest BCUT2D eigenvalue weighted by atomic mass is 16.5. The number of nitrogens with zero attached hydrogens (tertiary/aromatic N) is 3. The second-order valence-corrected chi connectivity index (χ2v) is 6.94. The number of nitrogens with one attached hydrogen (secondary N) is 1. The predicted octanol–water partition coefficient (Wildman–Crippen LogP) is 2.37. The summed E-state index contributed by atoms with van der Waals surface area (Å²) in [6, 6.07) is 1.31. The van der Waals surface area contributed by atoms with Crippen molar-refractivity contribution >= 4 is 0 Å². The van der Waals surface area contributed by atoms with E-state index in [1.807, 2.05) is 0 Å². The number of aromatic nitrogens is 2. The lowest BCUT2D eigenvalue weighted by atomic mass is 9.94. The van der Waals surface area contributed by atoms with Gasteiger partial charge in [-0.3, -0.25) is 4.90 Å². The van der Waals surface area contributed by atoms with E-state index in [4.69, 9.17) is 4.52 Å². The van der Waals surface area contributed by atoms with Crippen LogP contribution in [0.25, 0.3) is 0 Å². The quantitative estimate of drug-likeness (QED) is 0.903. The normalized spacial score (nSPS) is 27.6. The van der Waals surface area contributed by atoms with E-state index in [9.17, 15) is 0 Å². The van der Waals surface area contributed by atoms with Gasteiger partial charge >= 0.3 is 0 Å². The molecule has 0 aliphatic carbocycles. The lowest BCUT2D eigenvalue weighted by Gasteiger charge is -2.38. The topological polar surface area (TPSA) is 54.2 Å². The van der Waals surface area contributed by atoms with E-state index in [-0.39, 0.29) is 0 Å². The fourth-order valence-electron chi connectivity index (χ4n) is 3.68. The van der Waals surface area contributed by atoms with Crippen molar-refractivity contribution in [2.75, 3.05) is 13.1 Å². The Labute approximate surface area is 127 Å². The van der Waals surface area contributed by atoms with Gasteiger partial charge in [-0.05, 0) is 44.7 Å². The van der Waals surface area contributed by atoms with Crippen molar-refractivity contribution in [2.24, 2.45) is 5.92 Å². The highest BCUT2D eigenvalue weighted by Gasteiger charge is 2.32. The molecule has 1 aromatic heterocycles. The van der Waals surface area contributed by atoms with Crippen molar-refractivity contribution in [3.8, 4) is 0 Å². The average molecular weight is 292 g/mol. The minimum atomic E-state index is 0.559.